The molecule has 0 unspecified atom stereocenters. The molecule has 0 aromatic rings. The Kier molecular flexibility index (Phi) is 12.7. The molecular weight excluding hydrogens is 808 g/mol. The molecule has 3 saturated heterocycles. The number of hydrogen-bond donors (Lipinski definition) is 9. The van der Waals surface area contributed by atoms with E-state index in [4.69, 9.17) is 28.4 Å². The minimum atomic E-state index is -1.75. The third-order valence-corrected chi connectivity index (χ3v) is 18.6. The van der Waals surface area contributed by atoms with Crippen LogP contribution in [0.25, 0.3) is 0 Å². The van der Waals surface area contributed by atoms with Crippen LogP contribution >= 0.6 is 0 Å². The van der Waals surface area contributed by atoms with E-state index in [0.717, 1.165) is 51.4 Å². The molecule has 5 aliphatic carbocycles. The van der Waals surface area contributed by atoms with Crippen molar-refractivity contribution in [2.45, 2.75) is 205 Å². The van der Waals surface area contributed by atoms with E-state index in [1.165, 1.54) is 12.5 Å². The number of carboxylic acids is 1. The minimum absolute atomic E-state index is 0.0272. The summed E-state index contributed by atoms with van der Waals surface area (Å²) in [7, 11) is 0. The van der Waals surface area contributed by atoms with E-state index in [9.17, 15) is 50.8 Å². The molecule has 0 spiro atoms. The number of rotatable bonds is 8. The molecule has 16 nitrogen and oxygen atoms in total. The summed E-state index contributed by atoms with van der Waals surface area (Å²) in [6.07, 6.45) is -9.94. The van der Waals surface area contributed by atoms with E-state index in [-0.39, 0.29) is 52.1 Å². The topological polar surface area (TPSA) is 255 Å². The Labute approximate surface area is 364 Å². The number of aliphatic carboxylic acids is 1. The van der Waals surface area contributed by atoms with E-state index >= 15 is 0 Å². The molecule has 7 fully saturated rings. The molecule has 8 rings (SSSR count). The zero-order chi connectivity index (χ0) is 45.1. The Hall–Kier alpha value is -1.35. The molecule has 16 heteroatoms. The number of aliphatic hydroxyl groups excluding tert-OH is 8. The van der Waals surface area contributed by atoms with Gasteiger partial charge in [0.15, 0.2) is 18.9 Å². The highest BCUT2D eigenvalue weighted by molar-refractivity contribution is 5.76. The van der Waals surface area contributed by atoms with Gasteiger partial charge in [-0.05, 0) is 116 Å². The second-order valence-corrected chi connectivity index (χ2v) is 22.1. The monoisotopic (exact) mass is 882 g/mol. The fourth-order valence-corrected chi connectivity index (χ4v) is 14.4. The van der Waals surface area contributed by atoms with Gasteiger partial charge in [0.1, 0.15) is 61.0 Å². The Morgan fingerprint density at radius 2 is 1.44 bits per heavy atom. The standard InChI is InChI=1S/C46H74O16/c1-21-23-10-13-45(7)29(9-8-24-25-18-42(3,4)14-16-46(25,41(55)56)17-15-44(24,45)6)43(23,5)12-11-26(21)59-40-37(62-36-30(48)22(2)58-38(54)35(36)53)32(50)28(20-57-40)61-39-34(52)33(51)31(49)27(19-47)60-39/h8,21-23,25-40,47-54H,9-20H2,1-7H3,(H,55,56)/t21-,22+,23+,25-,26+,27-,28+,29+,30+,31-,32+,33+,34-,35+,36+,37-,38-,39+,40+,43+,44-,45-,46+/m1/s1. The van der Waals surface area contributed by atoms with Gasteiger partial charge in [-0.2, -0.15) is 0 Å². The summed E-state index contributed by atoms with van der Waals surface area (Å²) < 4.78 is 36.1. The molecular formula is C46H74O16. The first-order chi connectivity index (χ1) is 29.0. The number of carboxylic acid groups (broad SMARTS) is 1. The number of aliphatic hydroxyl groups is 8. The molecule has 0 aromatic heterocycles. The van der Waals surface area contributed by atoms with Gasteiger partial charge >= 0.3 is 5.97 Å². The fraction of sp³-hybridized carbons (Fsp3) is 0.935. The van der Waals surface area contributed by atoms with Gasteiger partial charge in [0.05, 0.1) is 30.8 Å². The van der Waals surface area contributed by atoms with E-state index in [1.54, 1.807) is 0 Å². The highest BCUT2D eigenvalue weighted by Gasteiger charge is 2.68. The number of allylic oxidation sites excluding steroid dienone is 2. The first kappa shape index (κ1) is 47.2. The predicted octanol–water partition coefficient (Wildman–Crippen LogP) is 1.98. The van der Waals surface area contributed by atoms with Crippen LogP contribution < -0.4 is 0 Å². The van der Waals surface area contributed by atoms with Gasteiger partial charge in [0, 0.05) is 0 Å². The molecule has 354 valence electrons. The largest absolute Gasteiger partial charge is 0.481 e. The van der Waals surface area contributed by atoms with Gasteiger partial charge < -0.3 is 74.4 Å². The van der Waals surface area contributed by atoms with Crippen molar-refractivity contribution >= 4 is 5.97 Å². The van der Waals surface area contributed by atoms with Crippen LogP contribution in [-0.2, 0) is 33.2 Å². The molecule has 3 heterocycles. The van der Waals surface area contributed by atoms with Gasteiger partial charge in [-0.25, -0.2) is 0 Å². The lowest BCUT2D eigenvalue weighted by Gasteiger charge is -2.70. The highest BCUT2D eigenvalue weighted by Crippen LogP contribution is 2.75. The van der Waals surface area contributed by atoms with E-state index < -0.39 is 104 Å². The van der Waals surface area contributed by atoms with Crippen molar-refractivity contribution in [1.29, 1.82) is 0 Å². The van der Waals surface area contributed by atoms with Crippen LogP contribution in [-0.4, -0.2) is 157 Å². The van der Waals surface area contributed by atoms with E-state index in [2.05, 4.69) is 47.6 Å². The van der Waals surface area contributed by atoms with Gasteiger partial charge in [0.2, 0.25) is 0 Å². The highest BCUT2D eigenvalue weighted by atomic mass is 16.7. The maximum Gasteiger partial charge on any atom is 0.310 e. The summed E-state index contributed by atoms with van der Waals surface area (Å²) in [6, 6.07) is 0. The van der Waals surface area contributed by atoms with Crippen LogP contribution in [0.1, 0.15) is 113 Å². The Morgan fingerprint density at radius 1 is 0.742 bits per heavy atom. The first-order valence-electron chi connectivity index (χ1n) is 23.2. The van der Waals surface area contributed by atoms with Crippen molar-refractivity contribution in [1.82, 2.24) is 0 Å². The van der Waals surface area contributed by atoms with Crippen molar-refractivity contribution in [2.75, 3.05) is 13.2 Å². The van der Waals surface area contributed by atoms with Crippen molar-refractivity contribution in [3.8, 4) is 0 Å². The van der Waals surface area contributed by atoms with Crippen LogP contribution in [0, 0.1) is 50.7 Å². The lowest BCUT2D eigenvalue weighted by atomic mass is 9.34. The second kappa shape index (κ2) is 16.8. The fourth-order valence-electron chi connectivity index (χ4n) is 14.4. The summed E-state index contributed by atoms with van der Waals surface area (Å²) in [5.41, 5.74) is 0.589. The van der Waals surface area contributed by atoms with E-state index in [0.29, 0.717) is 18.8 Å². The maximum atomic E-state index is 13.1. The quantitative estimate of drug-likeness (QED) is 0.125. The first-order valence-corrected chi connectivity index (χ1v) is 23.2. The van der Waals surface area contributed by atoms with Crippen LogP contribution in [0.5, 0.6) is 0 Å². The Morgan fingerprint density at radius 3 is 2.13 bits per heavy atom. The van der Waals surface area contributed by atoms with Crippen molar-refractivity contribution in [3.05, 3.63) is 11.6 Å². The number of fused-ring (bicyclic) bond motifs is 7. The van der Waals surface area contributed by atoms with Crippen LogP contribution in [0.4, 0.5) is 0 Å². The average Bonchev–Trinajstić information content (AvgIpc) is 3.21. The molecule has 9 N–H and O–H groups in total. The summed E-state index contributed by atoms with van der Waals surface area (Å²) in [4.78, 5) is 13.1. The number of hydrogen-bond acceptors (Lipinski definition) is 15. The number of carbonyl (C=O) groups is 1. The molecule has 3 aliphatic heterocycles. The molecule has 23 atom stereocenters. The third-order valence-electron chi connectivity index (χ3n) is 18.6. The Balaban J connectivity index is 1.02. The zero-order valence-corrected chi connectivity index (χ0v) is 37.4. The summed E-state index contributed by atoms with van der Waals surface area (Å²) in [5.74, 6) is 0.0915. The molecule has 0 radical (unpaired) electrons. The molecule has 0 bridgehead atoms. The summed E-state index contributed by atoms with van der Waals surface area (Å²) in [5, 5.41) is 96.3. The molecule has 0 aromatic carbocycles. The van der Waals surface area contributed by atoms with Gasteiger partial charge in [-0.3, -0.25) is 4.79 Å². The summed E-state index contributed by atoms with van der Waals surface area (Å²) in [6.45, 7) is 14.7. The molecule has 62 heavy (non-hydrogen) atoms. The summed E-state index contributed by atoms with van der Waals surface area (Å²) >= 11 is 0. The third kappa shape index (κ3) is 7.37. The molecule has 0 amide bonds. The lowest BCUT2D eigenvalue weighted by Crippen LogP contribution is -2.65. The molecule has 4 saturated carbocycles. The molecule has 8 aliphatic rings. The predicted molar refractivity (Wildman–Crippen MR) is 219 cm³/mol. The normalized spacial score (nSPS) is 55.1. The van der Waals surface area contributed by atoms with Crippen molar-refractivity contribution in [2.24, 2.45) is 50.7 Å². The van der Waals surface area contributed by atoms with Crippen LogP contribution in [0.3, 0.4) is 0 Å². The van der Waals surface area contributed by atoms with Gasteiger partial charge in [-0.15, -0.1) is 0 Å². The maximum absolute atomic E-state index is 13.1. The van der Waals surface area contributed by atoms with Crippen LogP contribution in [0.15, 0.2) is 11.6 Å². The van der Waals surface area contributed by atoms with Crippen molar-refractivity contribution < 1.29 is 79.2 Å². The van der Waals surface area contributed by atoms with Crippen LogP contribution in [0.2, 0.25) is 0 Å². The minimum Gasteiger partial charge on any atom is -0.481 e. The number of ether oxygens (including phenoxy) is 6. The second-order valence-electron chi connectivity index (χ2n) is 22.1. The lowest BCUT2D eigenvalue weighted by molar-refractivity contribution is -0.367. The average molecular weight is 883 g/mol. The SMILES string of the molecule is C[C@H]1[C@@H](O[C@@H]2OC[C@H](O[C@@H]3O[C@H](CO)[C@@H](O)[C@H](O)[C@H]3O)[C@H](O)[C@H]2O[C@H]2[C@@H](O)[C@H](C)O[C@@H](O)[C@H]2O)CC[C@@]2(C)[C@H]1CC[C@]1(C)[C@H]2CC=C2[C@H]3CC(C)(C)CC[C@]3(C(=O)O)CC[C@]21C. The zero-order valence-electron chi connectivity index (χ0n) is 37.4. The van der Waals surface area contributed by atoms with Crippen molar-refractivity contribution in [3.63, 3.8) is 0 Å². The van der Waals surface area contributed by atoms with Gasteiger partial charge in [-0.1, -0.05) is 53.2 Å². The Bertz CT molecular complexity index is 1660. The van der Waals surface area contributed by atoms with Gasteiger partial charge in [0.25, 0.3) is 0 Å². The van der Waals surface area contributed by atoms with E-state index in [1.807, 2.05) is 0 Å². The smallest absolute Gasteiger partial charge is 0.310 e.